The van der Waals surface area contributed by atoms with E-state index in [1.807, 2.05) is 0 Å². The number of sulfonamides is 1. The van der Waals surface area contributed by atoms with Crippen molar-refractivity contribution in [1.29, 1.82) is 0 Å². The van der Waals surface area contributed by atoms with Crippen molar-refractivity contribution in [2.45, 2.75) is 18.2 Å². The molecule has 1 amide bonds. The van der Waals surface area contributed by atoms with Crippen LogP contribution in [0, 0.1) is 0 Å². The lowest BCUT2D eigenvalue weighted by Gasteiger charge is -2.26. The van der Waals surface area contributed by atoms with E-state index in [1.165, 1.54) is 16.4 Å². The van der Waals surface area contributed by atoms with E-state index in [2.05, 4.69) is 5.32 Å². The first-order valence-corrected chi connectivity index (χ1v) is 7.96. The van der Waals surface area contributed by atoms with Crippen LogP contribution in [0.15, 0.2) is 29.2 Å². The third-order valence-corrected chi connectivity index (χ3v) is 4.94. The fraction of sp³-hybridized carbons (Fsp3) is 0.462. The zero-order valence-electron chi connectivity index (χ0n) is 11.3. The first kappa shape index (κ1) is 15.0. The Morgan fingerprint density at radius 2 is 2.05 bits per heavy atom. The van der Waals surface area contributed by atoms with Crippen molar-refractivity contribution >= 4 is 21.6 Å². The molecule has 2 rings (SSSR count). The number of carbonyl (C=O) groups is 1. The fourth-order valence-electron chi connectivity index (χ4n) is 1.92. The van der Waals surface area contributed by atoms with E-state index in [0.717, 1.165) is 0 Å². The number of hydrogen-bond acceptors (Lipinski definition) is 4. The Labute approximate surface area is 118 Å². The summed E-state index contributed by atoms with van der Waals surface area (Å²) in [6, 6.07) is 6.31. The maximum Gasteiger partial charge on any atom is 0.243 e. The first-order valence-electron chi connectivity index (χ1n) is 6.52. The summed E-state index contributed by atoms with van der Waals surface area (Å²) in [6.07, 6.45) is 0.348. The van der Waals surface area contributed by atoms with Crippen LogP contribution in [0.2, 0.25) is 0 Å². The normalized spacial score (nSPS) is 16.9. The minimum Gasteiger partial charge on any atom is -0.379 e. The zero-order valence-corrected chi connectivity index (χ0v) is 12.1. The van der Waals surface area contributed by atoms with E-state index in [0.29, 0.717) is 38.4 Å². The van der Waals surface area contributed by atoms with Gasteiger partial charge in [0.1, 0.15) is 0 Å². The van der Waals surface area contributed by atoms with E-state index in [-0.39, 0.29) is 10.8 Å². The van der Waals surface area contributed by atoms with Gasteiger partial charge in [0.2, 0.25) is 15.9 Å². The van der Waals surface area contributed by atoms with Gasteiger partial charge in [-0.3, -0.25) is 4.79 Å². The summed E-state index contributed by atoms with van der Waals surface area (Å²) < 4.78 is 31.5. The molecule has 0 aromatic heterocycles. The number of nitrogens with one attached hydrogen (secondary N) is 1. The number of anilines is 1. The molecular weight excluding hydrogens is 280 g/mol. The molecule has 0 unspecified atom stereocenters. The van der Waals surface area contributed by atoms with Gasteiger partial charge >= 0.3 is 0 Å². The molecule has 1 saturated heterocycles. The number of amides is 1. The molecule has 6 nitrogen and oxygen atoms in total. The van der Waals surface area contributed by atoms with Crippen LogP contribution < -0.4 is 5.32 Å². The highest BCUT2D eigenvalue weighted by molar-refractivity contribution is 7.89. The number of benzene rings is 1. The molecule has 7 heteroatoms. The van der Waals surface area contributed by atoms with Crippen LogP contribution in [-0.2, 0) is 19.6 Å². The number of rotatable bonds is 4. The average Bonchev–Trinajstić information content (AvgIpc) is 2.48. The highest BCUT2D eigenvalue weighted by Crippen LogP contribution is 2.20. The minimum atomic E-state index is -3.53. The molecule has 1 aliphatic heterocycles. The predicted molar refractivity (Wildman–Crippen MR) is 74.9 cm³/mol. The fourth-order valence-corrected chi connectivity index (χ4v) is 3.37. The second kappa shape index (κ2) is 6.34. The first-order chi connectivity index (χ1) is 9.54. The molecule has 20 heavy (non-hydrogen) atoms. The summed E-state index contributed by atoms with van der Waals surface area (Å²) in [4.78, 5) is 11.5. The summed E-state index contributed by atoms with van der Waals surface area (Å²) in [6.45, 7) is 3.27. The van der Waals surface area contributed by atoms with E-state index in [9.17, 15) is 13.2 Å². The van der Waals surface area contributed by atoms with Gasteiger partial charge in [-0.15, -0.1) is 0 Å². The van der Waals surface area contributed by atoms with Gasteiger partial charge in [0.25, 0.3) is 0 Å². The molecule has 1 heterocycles. The summed E-state index contributed by atoms with van der Waals surface area (Å²) in [5, 5.41) is 2.66. The number of nitrogens with zero attached hydrogens (tertiary/aromatic N) is 1. The molecule has 0 bridgehead atoms. The van der Waals surface area contributed by atoms with Gasteiger partial charge in [-0.1, -0.05) is 13.0 Å². The quantitative estimate of drug-likeness (QED) is 0.901. The van der Waals surface area contributed by atoms with Gasteiger partial charge < -0.3 is 10.1 Å². The summed E-state index contributed by atoms with van der Waals surface area (Å²) in [5.74, 6) is -0.147. The summed E-state index contributed by atoms with van der Waals surface area (Å²) in [5.41, 5.74) is 0.492. The molecular formula is C13H18N2O4S. The van der Waals surface area contributed by atoms with Crippen molar-refractivity contribution in [2.24, 2.45) is 0 Å². The molecule has 0 spiro atoms. The van der Waals surface area contributed by atoms with Crippen LogP contribution in [-0.4, -0.2) is 44.9 Å². The molecule has 1 aromatic carbocycles. The molecule has 0 atom stereocenters. The highest BCUT2D eigenvalue weighted by atomic mass is 32.2. The van der Waals surface area contributed by atoms with Crippen molar-refractivity contribution in [3.63, 3.8) is 0 Å². The number of carbonyl (C=O) groups excluding carboxylic acids is 1. The SMILES string of the molecule is CCC(=O)Nc1cccc(S(=O)(=O)N2CCOCC2)c1. The van der Waals surface area contributed by atoms with Crippen LogP contribution in [0.1, 0.15) is 13.3 Å². The lowest BCUT2D eigenvalue weighted by atomic mass is 10.3. The van der Waals surface area contributed by atoms with Crippen LogP contribution in [0.5, 0.6) is 0 Å². The van der Waals surface area contributed by atoms with Gasteiger partial charge in [0.15, 0.2) is 0 Å². The van der Waals surface area contributed by atoms with E-state index in [1.54, 1.807) is 19.1 Å². The van der Waals surface area contributed by atoms with Gasteiger partial charge in [0, 0.05) is 25.2 Å². The molecule has 0 saturated carbocycles. The van der Waals surface area contributed by atoms with Crippen molar-refractivity contribution in [3.05, 3.63) is 24.3 Å². The van der Waals surface area contributed by atoms with Crippen LogP contribution in [0.3, 0.4) is 0 Å². The standard InChI is InChI=1S/C13H18N2O4S/c1-2-13(16)14-11-4-3-5-12(10-11)20(17,18)15-6-8-19-9-7-15/h3-5,10H,2,6-9H2,1H3,(H,14,16). The Morgan fingerprint density at radius 1 is 1.35 bits per heavy atom. The van der Waals surface area contributed by atoms with Crippen LogP contribution >= 0.6 is 0 Å². The summed E-state index contributed by atoms with van der Waals surface area (Å²) in [7, 11) is -3.53. The Balaban J connectivity index is 2.23. The third-order valence-electron chi connectivity index (χ3n) is 3.05. The molecule has 0 radical (unpaired) electrons. The maximum atomic E-state index is 12.5. The van der Waals surface area contributed by atoms with Crippen molar-refractivity contribution in [1.82, 2.24) is 4.31 Å². The predicted octanol–water partition coefficient (Wildman–Crippen LogP) is 1.06. The Morgan fingerprint density at radius 3 is 2.70 bits per heavy atom. The van der Waals surface area contributed by atoms with Crippen molar-refractivity contribution in [3.8, 4) is 0 Å². The van der Waals surface area contributed by atoms with Crippen molar-refractivity contribution in [2.75, 3.05) is 31.6 Å². The Kier molecular flexibility index (Phi) is 4.74. The second-order valence-corrected chi connectivity index (χ2v) is 6.38. The minimum absolute atomic E-state index is 0.147. The zero-order chi connectivity index (χ0) is 14.6. The smallest absolute Gasteiger partial charge is 0.243 e. The molecule has 1 aliphatic rings. The topological polar surface area (TPSA) is 75.7 Å². The van der Waals surface area contributed by atoms with E-state index < -0.39 is 10.0 Å². The van der Waals surface area contributed by atoms with E-state index in [4.69, 9.17) is 4.74 Å². The molecule has 110 valence electrons. The maximum absolute atomic E-state index is 12.5. The molecule has 1 fully saturated rings. The second-order valence-electron chi connectivity index (χ2n) is 4.45. The Bertz CT molecular complexity index is 580. The van der Waals surface area contributed by atoms with Crippen molar-refractivity contribution < 1.29 is 17.9 Å². The number of hydrogen-bond donors (Lipinski definition) is 1. The van der Waals surface area contributed by atoms with Gasteiger partial charge in [0.05, 0.1) is 18.1 Å². The van der Waals surface area contributed by atoms with Gasteiger partial charge in [-0.2, -0.15) is 4.31 Å². The largest absolute Gasteiger partial charge is 0.379 e. The number of ether oxygens (including phenoxy) is 1. The van der Waals surface area contributed by atoms with Crippen LogP contribution in [0.4, 0.5) is 5.69 Å². The monoisotopic (exact) mass is 298 g/mol. The Hall–Kier alpha value is -1.44. The lowest BCUT2D eigenvalue weighted by Crippen LogP contribution is -2.40. The highest BCUT2D eigenvalue weighted by Gasteiger charge is 2.26. The molecule has 1 aromatic rings. The average molecular weight is 298 g/mol. The number of morpholine rings is 1. The van der Waals surface area contributed by atoms with Gasteiger partial charge in [-0.25, -0.2) is 8.42 Å². The molecule has 1 N–H and O–H groups in total. The summed E-state index contributed by atoms with van der Waals surface area (Å²) >= 11 is 0. The lowest BCUT2D eigenvalue weighted by molar-refractivity contribution is -0.115. The van der Waals surface area contributed by atoms with E-state index >= 15 is 0 Å². The molecule has 0 aliphatic carbocycles. The van der Waals surface area contributed by atoms with Crippen LogP contribution in [0.25, 0.3) is 0 Å². The third kappa shape index (κ3) is 3.36. The van der Waals surface area contributed by atoms with Gasteiger partial charge in [-0.05, 0) is 18.2 Å².